The van der Waals surface area contributed by atoms with E-state index in [0.29, 0.717) is 122 Å². The molecule has 7 amide bonds. The van der Waals surface area contributed by atoms with Gasteiger partial charge in [-0.25, -0.2) is 4.79 Å². The number of carbonyl (C=O) groups excluding carboxylic acids is 7. The first-order valence-corrected chi connectivity index (χ1v) is 54.2. The number of H-pyrrole nitrogens is 7. The number of morpholine rings is 1. The van der Waals surface area contributed by atoms with Gasteiger partial charge in [-0.05, 0) is 294 Å². The fourth-order valence-electron chi connectivity index (χ4n) is 18.9. The van der Waals surface area contributed by atoms with Gasteiger partial charge in [-0.1, -0.05) is 17.8 Å². The van der Waals surface area contributed by atoms with Crippen LogP contribution in [0.25, 0.3) is 0 Å². The molecule has 808 valence electrons. The van der Waals surface area contributed by atoms with Crippen LogP contribution < -0.4 is 31.9 Å². The second-order valence-electron chi connectivity index (χ2n) is 41.4. The molecule has 7 fully saturated rings. The second kappa shape index (κ2) is 65.6. The van der Waals surface area contributed by atoms with Gasteiger partial charge in [0.2, 0.25) is 29.4 Å². The number of unbranched alkanes of at least 4 members (excludes halogenated alkanes) is 2. The lowest BCUT2D eigenvalue weighted by Crippen LogP contribution is -2.47. The summed E-state index contributed by atoms with van der Waals surface area (Å²) in [7, 11) is 5.46. The largest absolute Gasteiger partial charge is 0.416 e. The van der Waals surface area contributed by atoms with Crippen LogP contribution in [0.3, 0.4) is 0 Å². The minimum atomic E-state index is -0.616. The Hall–Kier alpha value is -9.96. The first-order chi connectivity index (χ1) is 69.1. The van der Waals surface area contributed by atoms with E-state index in [1.165, 1.54) is 64.3 Å². The monoisotopic (exact) mass is 2030 g/mol. The minimum Gasteiger partial charge on any atom is -0.403 e. The number of tetrazole rings is 1. The average molecular weight is 2030 g/mol. The van der Waals surface area contributed by atoms with E-state index >= 15 is 0 Å². The van der Waals surface area contributed by atoms with Crippen LogP contribution in [0.15, 0.2) is 51.2 Å². The summed E-state index contributed by atoms with van der Waals surface area (Å²) in [5.41, 5.74) is 3.77. The van der Waals surface area contributed by atoms with Gasteiger partial charge in [-0.2, -0.15) is 66.9 Å². The number of amides is 7. The van der Waals surface area contributed by atoms with Crippen molar-refractivity contribution in [1.29, 1.82) is 0 Å². The Morgan fingerprint density at radius 3 is 1.19 bits per heavy atom. The second-order valence-corrected chi connectivity index (χ2v) is 42.4. The number of aryl methyl sites for hydroxylation is 4. The molecule has 0 bridgehead atoms. The summed E-state index contributed by atoms with van der Waals surface area (Å²) in [6.07, 6.45) is 37.4. The Kier molecular flexibility index (Phi) is 54.3. The number of thiazole rings is 1. The molecule has 0 aromatic carbocycles. The zero-order chi connectivity index (χ0) is 104. The van der Waals surface area contributed by atoms with Gasteiger partial charge in [0.15, 0.2) is 0 Å². The first-order valence-electron chi connectivity index (χ1n) is 53.3. The molecule has 0 aliphatic carbocycles. The molecule has 7 aromatic heterocycles. The van der Waals surface area contributed by atoms with Crippen molar-refractivity contribution in [2.24, 2.45) is 11.8 Å². The number of carbonyl (C=O) groups is 7. The van der Waals surface area contributed by atoms with E-state index in [1.807, 2.05) is 19.0 Å². The maximum absolute atomic E-state index is 12.3. The van der Waals surface area contributed by atoms with Gasteiger partial charge >= 0.3 is 10.6 Å². The van der Waals surface area contributed by atoms with Crippen LogP contribution in [0.1, 0.15) is 311 Å². The summed E-state index contributed by atoms with van der Waals surface area (Å²) in [6.45, 7) is 49.1. The molecule has 1 atom stereocenters. The predicted octanol–water partition coefficient (Wildman–Crippen LogP) is 8.59. The maximum Gasteiger partial charge on any atom is 0.416 e. The highest BCUT2D eigenvalue weighted by molar-refractivity contribution is 7.11. The molecule has 7 aliphatic rings. The normalized spacial score (nSPS) is 17.8. The molecule has 14 heterocycles. The third-order valence-electron chi connectivity index (χ3n) is 28.6. The summed E-state index contributed by atoms with van der Waals surface area (Å²) in [6, 6.07) is 5.68. The number of ether oxygens (including phenoxy) is 1. The van der Waals surface area contributed by atoms with Crippen LogP contribution in [0.5, 0.6) is 0 Å². The molecule has 43 nitrogen and oxygen atoms in total. The van der Waals surface area contributed by atoms with Crippen molar-refractivity contribution >= 4 is 52.7 Å². The van der Waals surface area contributed by atoms with Crippen LogP contribution in [-0.4, -0.2) is 394 Å². The molecular weight excluding hydrogens is 1860 g/mol. The topological polar surface area (TPSA) is 509 Å². The van der Waals surface area contributed by atoms with Gasteiger partial charge in [0.25, 0.3) is 23.5 Å². The highest BCUT2D eigenvalue weighted by Gasteiger charge is 2.32. The molecule has 0 saturated carbocycles. The van der Waals surface area contributed by atoms with Gasteiger partial charge in [0, 0.05) is 205 Å². The fourth-order valence-corrected chi connectivity index (χ4v) is 19.6. The standard InChI is InChI=1S/C16H29N5O.C15H27N5O.C15H25N3O2S.2C14H25N5O.C14H23N3O4.C12H22N6O/c1-13(2)21-10-8-14(9-11-21)18-16(22)7-5-3-4-6-15-12-17-20-19-15;1-12(2)20-9-7-14(8-10-20)19(3)15(21)6-4-5-13-11-16-18-17-13;1-11(2)18-8-5-12(6-9-18)4-7-17(3)14(19)13-10-16-15(20)21-13;2*1-11(2)19-8-6-12(7-9-19)16-14(20)5-3-4-13-10-15-18-17-13;1-10(2)17-6-7-20-11(9-17)4-5-16(3)13(18)12-8-15-14(19)21-12;1-9(2)18-7-4-10(5-8-18)3-6-13-12(19)11-14-16-17-15-11/h12-14H,3-11H2,1-2H3,(H,18,22)(H,17,19,20);11-12,14H,4-10H2,1-3H3,(H,16,17,18);10-12H,4-9H2,1-3H3,(H,16,20);2*10-12H,3-9H2,1-2H3,(H,16,20)(H,15,17,18);8,10-11H,4-7,9H2,1-3H3,(H,15,19);9-10H,3-8H2,1-2H3,(H,13,19)(H,14,15,16,17). The Balaban J connectivity index is 0.000000205. The third kappa shape index (κ3) is 45.6. The predicted molar refractivity (Wildman–Crippen MR) is 557 cm³/mol. The molecule has 0 radical (unpaired) electrons. The van der Waals surface area contributed by atoms with E-state index in [2.05, 4.69) is 245 Å². The molecule has 14 rings (SSSR count). The lowest BCUT2D eigenvalue weighted by molar-refractivity contribution is -0.133. The maximum atomic E-state index is 12.3. The van der Waals surface area contributed by atoms with Crippen LogP contribution >= 0.6 is 11.3 Å². The van der Waals surface area contributed by atoms with Gasteiger partial charge < -0.3 is 79.5 Å². The van der Waals surface area contributed by atoms with Crippen molar-refractivity contribution in [3.63, 3.8) is 0 Å². The zero-order valence-corrected chi connectivity index (χ0v) is 90.4. The number of piperidine rings is 6. The van der Waals surface area contributed by atoms with Gasteiger partial charge in [0.05, 0.1) is 66.5 Å². The molecule has 7 aromatic rings. The van der Waals surface area contributed by atoms with Crippen LogP contribution in [0, 0.1) is 11.8 Å². The number of hydrogen-bond acceptors (Lipinski definition) is 30. The highest BCUT2D eigenvalue weighted by Crippen LogP contribution is 2.26. The quantitative estimate of drug-likeness (QED) is 0.0160. The first kappa shape index (κ1) is 119. The highest BCUT2D eigenvalue weighted by atomic mass is 32.1. The van der Waals surface area contributed by atoms with Crippen molar-refractivity contribution in [3.05, 3.63) is 96.6 Å². The van der Waals surface area contributed by atoms with Crippen LogP contribution in [0.4, 0.5) is 0 Å². The smallest absolute Gasteiger partial charge is 0.403 e. The third-order valence-corrected chi connectivity index (χ3v) is 29.4. The summed E-state index contributed by atoms with van der Waals surface area (Å²) in [4.78, 5) is 133. The summed E-state index contributed by atoms with van der Waals surface area (Å²) >= 11 is 0.980. The molecule has 44 heteroatoms. The van der Waals surface area contributed by atoms with Crippen LogP contribution in [0.2, 0.25) is 0 Å². The number of oxazole rings is 1. The van der Waals surface area contributed by atoms with E-state index < -0.39 is 5.76 Å². The molecule has 7 saturated heterocycles. The molecule has 7 aliphatic heterocycles. The number of rotatable bonds is 41. The lowest BCUT2D eigenvalue weighted by atomic mass is 9.93. The Bertz CT molecular complexity index is 4630. The van der Waals surface area contributed by atoms with Crippen molar-refractivity contribution in [2.45, 2.75) is 356 Å². The van der Waals surface area contributed by atoms with E-state index in [0.717, 1.165) is 248 Å². The number of nitrogens with zero attached hydrogens (tertiary/aromatic N) is 21. The van der Waals surface area contributed by atoms with Crippen LogP contribution in [-0.2, 0) is 49.6 Å². The van der Waals surface area contributed by atoms with Crippen molar-refractivity contribution < 1.29 is 42.7 Å². The fraction of sp³-hybridized carbons (Fsp3) is 0.780. The van der Waals surface area contributed by atoms with Gasteiger partial charge in [0.1, 0.15) is 4.88 Å². The van der Waals surface area contributed by atoms with E-state index in [9.17, 15) is 43.2 Å². The lowest BCUT2D eigenvalue weighted by Gasteiger charge is -2.38. The number of aromatic amines is 7. The molecule has 11 N–H and O–H groups in total. The Labute approximate surface area is 856 Å². The number of aromatic nitrogens is 18. The SMILES string of the molecule is CC(C)N1CCC(CCN(C)C(=O)c2c[nH]c(=O)s2)CC1.CC(C)N1CCC(CCNC(=O)c2nn[nH]n2)CC1.CC(C)N1CCC(N(C)C(=O)CCCc2cn[nH]n2)CC1.CC(C)N1CCC(NC(=O)CCCCCc2cn[nH]n2)CC1.CC(C)N1CCC(NC(=O)CCCc2cn[nH]n2)CC1.CC(C)N1CCC(NC(=O)CCCc2cn[nH]n2)CC1.CC(C)N1CCOC(CCN(C)C(=O)c2c[nH]c(=O)o2)C1. The molecule has 144 heavy (non-hydrogen) atoms. The average Bonchev–Trinajstić information content (AvgIpc) is 1.24. The Morgan fingerprint density at radius 2 is 0.812 bits per heavy atom. The van der Waals surface area contributed by atoms with Gasteiger partial charge in [-0.3, -0.25) is 48.2 Å². The van der Waals surface area contributed by atoms with E-state index in [4.69, 9.17) is 9.15 Å². The molecule has 0 spiro atoms. The number of nitrogens with one attached hydrogen (secondary N) is 11. The summed E-state index contributed by atoms with van der Waals surface area (Å²) < 4.78 is 10.5. The number of hydrogen-bond donors (Lipinski definition) is 11. The summed E-state index contributed by atoms with van der Waals surface area (Å²) in [5.74, 6) is 1.12. The summed E-state index contributed by atoms with van der Waals surface area (Å²) in [5, 5.41) is 66.7. The molecule has 1 unspecified atom stereocenters. The number of likely N-dealkylation sites (tertiary alicyclic amines) is 6. The van der Waals surface area contributed by atoms with Crippen molar-refractivity contribution in [2.75, 3.05) is 139 Å². The minimum absolute atomic E-state index is 0.0378. The van der Waals surface area contributed by atoms with Crippen molar-refractivity contribution in [1.82, 2.24) is 163 Å². The van der Waals surface area contributed by atoms with E-state index in [-0.39, 0.29) is 63.9 Å². The Morgan fingerprint density at radius 1 is 0.424 bits per heavy atom. The zero-order valence-electron chi connectivity index (χ0n) is 89.6. The van der Waals surface area contributed by atoms with E-state index in [1.54, 1.807) is 41.6 Å². The van der Waals surface area contributed by atoms with Gasteiger partial charge in [-0.15, -0.1) is 10.2 Å². The molecular formula is C100H176N32O11S. The van der Waals surface area contributed by atoms with Crippen molar-refractivity contribution in [3.8, 4) is 0 Å².